The second kappa shape index (κ2) is 3.24. The van der Waals surface area contributed by atoms with Crippen LogP contribution in [-0.4, -0.2) is 4.57 Å². The lowest BCUT2D eigenvalue weighted by molar-refractivity contribution is 0.969. The number of aryl methyl sites for hydroxylation is 1. The van der Waals surface area contributed by atoms with E-state index in [1.807, 2.05) is 31.4 Å². The Morgan fingerprint density at radius 3 is 2.69 bits per heavy atom. The Kier molecular flexibility index (Phi) is 2.22. The minimum Gasteiger partial charge on any atom is -0.351 e. The highest BCUT2D eigenvalue weighted by molar-refractivity contribution is 6.44. The van der Waals surface area contributed by atoms with Crippen LogP contribution in [-0.2, 0) is 7.05 Å². The van der Waals surface area contributed by atoms with Gasteiger partial charge in [0.2, 0.25) is 0 Å². The van der Waals surface area contributed by atoms with E-state index in [0.29, 0.717) is 0 Å². The fourth-order valence-corrected chi connectivity index (χ4v) is 1.71. The van der Waals surface area contributed by atoms with E-state index in [0.717, 1.165) is 5.56 Å². The van der Waals surface area contributed by atoms with Crippen LogP contribution in [0.1, 0.15) is 10.4 Å². The maximum Gasteiger partial charge on any atom is 0.132 e. The minimum atomic E-state index is -0.440. The summed E-state index contributed by atoms with van der Waals surface area (Å²) in [7, 11) is 2.01. The van der Waals surface area contributed by atoms with E-state index in [1.165, 1.54) is 10.9 Å². The Morgan fingerprint density at radius 1 is 1.23 bits per heavy atom. The molecule has 3 heteroatoms. The van der Waals surface area contributed by atoms with Gasteiger partial charge in [-0.2, -0.15) is 0 Å². The van der Waals surface area contributed by atoms with Crippen LogP contribution in [0.4, 0.5) is 0 Å². The first-order chi connectivity index (χ1) is 6.18. The lowest BCUT2D eigenvalue weighted by Gasteiger charge is -2.02. The first-order valence-electron chi connectivity index (χ1n) is 4.01. The van der Waals surface area contributed by atoms with Gasteiger partial charge in [0.25, 0.3) is 0 Å². The molecule has 0 radical (unpaired) electrons. The summed E-state index contributed by atoms with van der Waals surface area (Å²) >= 11 is 11.5. The lowest BCUT2D eigenvalue weighted by Crippen LogP contribution is -1.85. The van der Waals surface area contributed by atoms with Gasteiger partial charge in [0.15, 0.2) is 0 Å². The lowest BCUT2D eigenvalue weighted by atomic mass is 10.2. The molecule has 0 bridgehead atoms. The number of alkyl halides is 2. The van der Waals surface area contributed by atoms with Crippen LogP contribution < -0.4 is 0 Å². The van der Waals surface area contributed by atoms with Crippen molar-refractivity contribution in [3.63, 3.8) is 0 Å². The quantitative estimate of drug-likeness (QED) is 0.638. The summed E-state index contributed by atoms with van der Waals surface area (Å²) < 4.78 is 2.07. The van der Waals surface area contributed by atoms with Crippen LogP contribution in [0.15, 0.2) is 30.5 Å². The Hall–Kier alpha value is -0.660. The molecular formula is C10H9Cl2N. The largest absolute Gasteiger partial charge is 0.351 e. The molecule has 0 unspecified atom stereocenters. The number of fused-ring (bicyclic) bond motifs is 1. The average Bonchev–Trinajstić information content (AvgIpc) is 2.47. The fraction of sp³-hybridized carbons (Fsp3) is 0.200. The molecule has 1 heterocycles. The Balaban J connectivity index is 2.63. The van der Waals surface area contributed by atoms with Gasteiger partial charge in [0.05, 0.1) is 0 Å². The summed E-state index contributed by atoms with van der Waals surface area (Å²) in [4.78, 5) is -0.440. The van der Waals surface area contributed by atoms with Crippen LogP contribution in [0.2, 0.25) is 0 Å². The summed E-state index contributed by atoms with van der Waals surface area (Å²) in [5, 5.41) is 1.17. The van der Waals surface area contributed by atoms with Gasteiger partial charge in [0.1, 0.15) is 4.84 Å². The van der Waals surface area contributed by atoms with Gasteiger partial charge in [0, 0.05) is 18.8 Å². The maximum atomic E-state index is 5.77. The van der Waals surface area contributed by atoms with Crippen molar-refractivity contribution in [2.45, 2.75) is 4.84 Å². The van der Waals surface area contributed by atoms with Crippen LogP contribution in [0, 0.1) is 0 Å². The molecule has 0 aliphatic heterocycles. The number of hydrogen-bond acceptors (Lipinski definition) is 0. The molecule has 1 nitrogen and oxygen atoms in total. The van der Waals surface area contributed by atoms with Gasteiger partial charge >= 0.3 is 0 Å². The first kappa shape index (κ1) is 8.92. The highest BCUT2D eigenvalue weighted by atomic mass is 35.5. The molecule has 0 saturated heterocycles. The molecule has 0 amide bonds. The second-order valence-electron chi connectivity index (χ2n) is 3.05. The third-order valence-electron chi connectivity index (χ3n) is 2.16. The standard InChI is InChI=1S/C10H9Cl2N/c1-13-5-4-7-6-8(10(11)12)2-3-9(7)13/h2-6,10H,1H3. The molecule has 0 N–H and O–H groups in total. The third kappa shape index (κ3) is 1.54. The van der Waals surface area contributed by atoms with Crippen LogP contribution >= 0.6 is 23.2 Å². The first-order valence-corrected chi connectivity index (χ1v) is 4.89. The Morgan fingerprint density at radius 2 is 2.00 bits per heavy atom. The molecule has 2 aromatic rings. The normalized spacial score (nSPS) is 11.4. The number of aromatic nitrogens is 1. The van der Waals surface area contributed by atoms with Crippen molar-refractivity contribution in [3.05, 3.63) is 36.0 Å². The zero-order chi connectivity index (χ0) is 9.42. The zero-order valence-corrected chi connectivity index (χ0v) is 8.68. The average molecular weight is 214 g/mol. The van der Waals surface area contributed by atoms with E-state index in [2.05, 4.69) is 10.6 Å². The molecule has 68 valence electrons. The van der Waals surface area contributed by atoms with Crippen molar-refractivity contribution in [1.82, 2.24) is 4.57 Å². The highest BCUT2D eigenvalue weighted by Gasteiger charge is 2.04. The SMILES string of the molecule is Cn1ccc2cc(C(Cl)Cl)ccc21. The van der Waals surface area contributed by atoms with Gasteiger partial charge in [-0.1, -0.05) is 6.07 Å². The highest BCUT2D eigenvalue weighted by Crippen LogP contribution is 2.27. The van der Waals surface area contributed by atoms with Crippen LogP contribution in [0.3, 0.4) is 0 Å². The van der Waals surface area contributed by atoms with E-state index in [-0.39, 0.29) is 0 Å². The molecule has 0 spiro atoms. The van der Waals surface area contributed by atoms with Crippen molar-refractivity contribution >= 4 is 34.1 Å². The molecule has 0 atom stereocenters. The van der Waals surface area contributed by atoms with Gasteiger partial charge in [-0.25, -0.2) is 0 Å². The fourth-order valence-electron chi connectivity index (χ4n) is 1.44. The van der Waals surface area contributed by atoms with Crippen molar-refractivity contribution in [1.29, 1.82) is 0 Å². The van der Waals surface area contributed by atoms with Gasteiger partial charge < -0.3 is 4.57 Å². The second-order valence-corrected chi connectivity index (χ2v) is 4.14. The predicted molar refractivity (Wildman–Crippen MR) is 57.4 cm³/mol. The van der Waals surface area contributed by atoms with Gasteiger partial charge in [-0.15, -0.1) is 23.2 Å². The number of halogens is 2. The number of benzene rings is 1. The van der Waals surface area contributed by atoms with E-state index >= 15 is 0 Å². The molecule has 1 aromatic heterocycles. The molecule has 0 fully saturated rings. The third-order valence-corrected chi connectivity index (χ3v) is 2.67. The molecule has 1 aromatic carbocycles. The van der Waals surface area contributed by atoms with Crippen molar-refractivity contribution in [2.24, 2.45) is 7.05 Å². The summed E-state index contributed by atoms with van der Waals surface area (Å²) in [6, 6.07) is 8.05. The van der Waals surface area contributed by atoms with E-state index < -0.39 is 4.84 Å². The summed E-state index contributed by atoms with van der Waals surface area (Å²) in [6.07, 6.45) is 2.02. The molecule has 13 heavy (non-hydrogen) atoms. The maximum absolute atomic E-state index is 5.77. The van der Waals surface area contributed by atoms with E-state index in [9.17, 15) is 0 Å². The minimum absolute atomic E-state index is 0.440. The zero-order valence-electron chi connectivity index (χ0n) is 7.17. The molecule has 0 aliphatic carbocycles. The summed E-state index contributed by atoms with van der Waals surface area (Å²) in [6.45, 7) is 0. The Labute approximate surface area is 86.9 Å². The smallest absolute Gasteiger partial charge is 0.132 e. The van der Waals surface area contributed by atoms with Gasteiger partial charge in [-0.3, -0.25) is 0 Å². The molecule has 0 aliphatic rings. The Bertz CT molecular complexity index is 431. The van der Waals surface area contributed by atoms with Gasteiger partial charge in [-0.05, 0) is 29.1 Å². The molecular weight excluding hydrogens is 205 g/mol. The summed E-state index contributed by atoms with van der Waals surface area (Å²) in [5.41, 5.74) is 2.14. The molecule has 0 saturated carbocycles. The summed E-state index contributed by atoms with van der Waals surface area (Å²) in [5.74, 6) is 0. The van der Waals surface area contributed by atoms with Crippen LogP contribution in [0.25, 0.3) is 10.9 Å². The van der Waals surface area contributed by atoms with E-state index in [1.54, 1.807) is 0 Å². The van der Waals surface area contributed by atoms with Crippen molar-refractivity contribution < 1.29 is 0 Å². The number of hydrogen-bond donors (Lipinski definition) is 0. The van der Waals surface area contributed by atoms with E-state index in [4.69, 9.17) is 23.2 Å². The predicted octanol–water partition coefficient (Wildman–Crippen LogP) is 3.65. The van der Waals surface area contributed by atoms with Crippen LogP contribution in [0.5, 0.6) is 0 Å². The monoisotopic (exact) mass is 213 g/mol. The topological polar surface area (TPSA) is 4.93 Å². The number of rotatable bonds is 1. The molecule has 2 rings (SSSR count). The number of nitrogens with zero attached hydrogens (tertiary/aromatic N) is 1. The van der Waals surface area contributed by atoms with Crippen molar-refractivity contribution in [3.8, 4) is 0 Å². The van der Waals surface area contributed by atoms with Crippen molar-refractivity contribution in [2.75, 3.05) is 0 Å².